The standard InChI is InChI=1S/C26H33ClO/c1-2-3-4-5-6-7-8-9-10-13-18-28-26-24-15-12-11-14-21(24)19-22-16-17-23(27)20-25(22)26/h11-12,14-17,19-20H,2-10,13,18H2,1H3. The number of hydrogen-bond acceptors (Lipinski definition) is 1. The average molecular weight is 397 g/mol. The predicted molar refractivity (Wildman–Crippen MR) is 124 cm³/mol. The highest BCUT2D eigenvalue weighted by Gasteiger charge is 2.09. The van der Waals surface area contributed by atoms with Gasteiger partial charge in [-0.2, -0.15) is 0 Å². The van der Waals surface area contributed by atoms with Gasteiger partial charge in [0, 0.05) is 15.8 Å². The molecule has 0 aliphatic heterocycles. The van der Waals surface area contributed by atoms with Crippen LogP contribution >= 0.6 is 11.6 Å². The van der Waals surface area contributed by atoms with Gasteiger partial charge in [0.1, 0.15) is 5.75 Å². The number of ether oxygens (including phenoxy) is 1. The third-order valence-corrected chi connectivity index (χ3v) is 5.76. The van der Waals surface area contributed by atoms with Gasteiger partial charge >= 0.3 is 0 Å². The minimum atomic E-state index is 0.756. The van der Waals surface area contributed by atoms with Crippen LogP contribution in [0.25, 0.3) is 21.5 Å². The van der Waals surface area contributed by atoms with Gasteiger partial charge < -0.3 is 4.74 Å². The van der Waals surface area contributed by atoms with Crippen LogP contribution in [0.5, 0.6) is 5.75 Å². The topological polar surface area (TPSA) is 9.23 Å². The molecule has 0 N–H and O–H groups in total. The Morgan fingerprint density at radius 1 is 0.679 bits per heavy atom. The van der Waals surface area contributed by atoms with Crippen molar-refractivity contribution in [2.45, 2.75) is 71.1 Å². The van der Waals surface area contributed by atoms with E-state index in [2.05, 4.69) is 43.3 Å². The van der Waals surface area contributed by atoms with Crippen molar-refractivity contribution in [1.29, 1.82) is 0 Å². The van der Waals surface area contributed by atoms with E-state index in [1.54, 1.807) is 0 Å². The zero-order valence-corrected chi connectivity index (χ0v) is 17.9. The van der Waals surface area contributed by atoms with E-state index in [0.29, 0.717) is 0 Å². The average Bonchev–Trinajstić information content (AvgIpc) is 2.71. The summed E-state index contributed by atoms with van der Waals surface area (Å²) in [6, 6.07) is 16.7. The number of fused-ring (bicyclic) bond motifs is 2. The summed E-state index contributed by atoms with van der Waals surface area (Å²) in [7, 11) is 0. The Hall–Kier alpha value is -1.73. The molecule has 0 aliphatic carbocycles. The van der Waals surface area contributed by atoms with E-state index in [4.69, 9.17) is 16.3 Å². The van der Waals surface area contributed by atoms with Crippen LogP contribution in [0.2, 0.25) is 5.02 Å². The van der Waals surface area contributed by atoms with Crippen molar-refractivity contribution in [3.8, 4) is 5.75 Å². The molecule has 0 saturated heterocycles. The maximum Gasteiger partial charge on any atom is 0.134 e. The molecule has 0 spiro atoms. The molecule has 3 aromatic rings. The highest BCUT2D eigenvalue weighted by molar-refractivity contribution is 6.31. The minimum Gasteiger partial charge on any atom is -0.492 e. The van der Waals surface area contributed by atoms with Crippen LogP contribution in [0, 0.1) is 0 Å². The molecule has 0 fully saturated rings. The van der Waals surface area contributed by atoms with Gasteiger partial charge in [-0.25, -0.2) is 0 Å². The van der Waals surface area contributed by atoms with Crippen LogP contribution in [0.3, 0.4) is 0 Å². The summed E-state index contributed by atoms with van der Waals surface area (Å²) < 4.78 is 6.30. The van der Waals surface area contributed by atoms with E-state index in [-0.39, 0.29) is 0 Å². The summed E-state index contributed by atoms with van der Waals surface area (Å²) in [6.07, 6.45) is 13.4. The fourth-order valence-corrected chi connectivity index (χ4v) is 4.08. The Labute approximate surface area is 175 Å². The summed E-state index contributed by atoms with van der Waals surface area (Å²) >= 11 is 6.26. The Balaban J connectivity index is 1.50. The molecule has 0 unspecified atom stereocenters. The van der Waals surface area contributed by atoms with Crippen molar-refractivity contribution in [2.24, 2.45) is 0 Å². The van der Waals surface area contributed by atoms with E-state index in [9.17, 15) is 0 Å². The molecular weight excluding hydrogens is 364 g/mol. The second-order valence-electron chi connectivity index (χ2n) is 7.82. The normalized spacial score (nSPS) is 11.4. The quantitative estimate of drug-likeness (QED) is 0.219. The summed E-state index contributed by atoms with van der Waals surface area (Å²) in [6.45, 7) is 3.05. The van der Waals surface area contributed by atoms with E-state index < -0.39 is 0 Å². The number of hydrogen-bond donors (Lipinski definition) is 0. The Morgan fingerprint density at radius 3 is 2.07 bits per heavy atom. The Morgan fingerprint density at radius 2 is 1.32 bits per heavy atom. The van der Waals surface area contributed by atoms with E-state index in [1.165, 1.54) is 73.9 Å². The van der Waals surface area contributed by atoms with E-state index in [0.717, 1.165) is 29.2 Å². The van der Waals surface area contributed by atoms with Crippen LogP contribution in [-0.4, -0.2) is 6.61 Å². The van der Waals surface area contributed by atoms with E-state index >= 15 is 0 Å². The van der Waals surface area contributed by atoms with Gasteiger partial charge in [-0.05, 0) is 35.4 Å². The van der Waals surface area contributed by atoms with Crippen LogP contribution in [0.15, 0.2) is 48.5 Å². The molecule has 0 radical (unpaired) electrons. The maximum absolute atomic E-state index is 6.30. The molecule has 0 heterocycles. The maximum atomic E-state index is 6.30. The zero-order chi connectivity index (χ0) is 19.6. The molecule has 3 aromatic carbocycles. The lowest BCUT2D eigenvalue weighted by molar-refractivity contribution is 0.311. The summed E-state index contributed by atoms with van der Waals surface area (Å²) in [5.41, 5.74) is 0. The van der Waals surface area contributed by atoms with Crippen molar-refractivity contribution in [3.05, 3.63) is 53.6 Å². The third-order valence-electron chi connectivity index (χ3n) is 5.52. The van der Waals surface area contributed by atoms with Crippen molar-refractivity contribution in [1.82, 2.24) is 0 Å². The molecule has 0 aromatic heterocycles. The predicted octanol–water partition coefficient (Wildman–Crippen LogP) is 8.95. The molecule has 150 valence electrons. The number of rotatable bonds is 12. The molecule has 0 aliphatic rings. The van der Waals surface area contributed by atoms with Crippen LogP contribution in [0.1, 0.15) is 71.1 Å². The van der Waals surface area contributed by atoms with Gasteiger partial charge in [0.2, 0.25) is 0 Å². The van der Waals surface area contributed by atoms with Gasteiger partial charge in [0.25, 0.3) is 0 Å². The van der Waals surface area contributed by atoms with Crippen molar-refractivity contribution in [2.75, 3.05) is 6.61 Å². The molecule has 0 saturated carbocycles. The van der Waals surface area contributed by atoms with Gasteiger partial charge in [-0.15, -0.1) is 0 Å². The largest absolute Gasteiger partial charge is 0.492 e. The molecule has 3 rings (SSSR count). The third kappa shape index (κ3) is 5.88. The fraction of sp³-hybridized carbons (Fsp3) is 0.462. The first-order valence-corrected chi connectivity index (χ1v) is 11.4. The van der Waals surface area contributed by atoms with E-state index in [1.807, 2.05) is 12.1 Å². The minimum absolute atomic E-state index is 0.756. The fourth-order valence-electron chi connectivity index (χ4n) is 3.91. The molecular formula is C26H33ClO. The first-order chi connectivity index (χ1) is 13.8. The smallest absolute Gasteiger partial charge is 0.134 e. The first-order valence-electron chi connectivity index (χ1n) is 11.0. The molecule has 1 nitrogen and oxygen atoms in total. The SMILES string of the molecule is CCCCCCCCCCCCOc1c2ccccc2cc2ccc(Cl)cc12. The second kappa shape index (κ2) is 11.3. The second-order valence-corrected chi connectivity index (χ2v) is 8.26. The number of halogens is 1. The van der Waals surface area contributed by atoms with Gasteiger partial charge in [0.05, 0.1) is 6.61 Å². The summed E-state index contributed by atoms with van der Waals surface area (Å²) in [5, 5.41) is 5.44. The summed E-state index contributed by atoms with van der Waals surface area (Å²) in [5.74, 6) is 0.978. The van der Waals surface area contributed by atoms with Crippen molar-refractivity contribution < 1.29 is 4.74 Å². The molecule has 2 heteroatoms. The van der Waals surface area contributed by atoms with Crippen LogP contribution < -0.4 is 4.74 Å². The van der Waals surface area contributed by atoms with Gasteiger partial charge in [0.15, 0.2) is 0 Å². The number of benzene rings is 3. The Kier molecular flexibility index (Phi) is 8.48. The van der Waals surface area contributed by atoms with Crippen molar-refractivity contribution >= 4 is 33.1 Å². The Bertz CT molecular complexity index is 871. The van der Waals surface area contributed by atoms with Crippen LogP contribution in [0.4, 0.5) is 0 Å². The lowest BCUT2D eigenvalue weighted by atomic mass is 10.0. The van der Waals surface area contributed by atoms with Crippen molar-refractivity contribution in [3.63, 3.8) is 0 Å². The lowest BCUT2D eigenvalue weighted by Crippen LogP contribution is -1.99. The summed E-state index contributed by atoms with van der Waals surface area (Å²) in [4.78, 5) is 0. The monoisotopic (exact) mass is 396 g/mol. The number of unbranched alkanes of at least 4 members (excludes halogenated alkanes) is 9. The highest BCUT2D eigenvalue weighted by Crippen LogP contribution is 2.36. The lowest BCUT2D eigenvalue weighted by Gasteiger charge is -2.13. The van der Waals surface area contributed by atoms with Crippen LogP contribution in [-0.2, 0) is 0 Å². The highest BCUT2D eigenvalue weighted by atomic mass is 35.5. The molecule has 0 atom stereocenters. The zero-order valence-electron chi connectivity index (χ0n) is 17.2. The first kappa shape index (κ1) is 21.0. The molecule has 0 bridgehead atoms. The van der Waals surface area contributed by atoms with Gasteiger partial charge in [-0.3, -0.25) is 0 Å². The molecule has 0 amide bonds. The molecule has 28 heavy (non-hydrogen) atoms. The van der Waals surface area contributed by atoms with Gasteiger partial charge in [-0.1, -0.05) is 107 Å².